The van der Waals surface area contributed by atoms with Gasteiger partial charge in [-0.15, -0.1) is 0 Å². The second-order valence-corrected chi connectivity index (χ2v) is 8.27. The molecule has 1 fully saturated rings. The highest BCUT2D eigenvalue weighted by Crippen LogP contribution is 2.38. The summed E-state index contributed by atoms with van der Waals surface area (Å²) in [6.45, 7) is 1.82. The van der Waals surface area contributed by atoms with E-state index in [1.54, 1.807) is 55.5 Å². The van der Waals surface area contributed by atoms with Gasteiger partial charge >= 0.3 is 5.97 Å². The third-order valence-corrected chi connectivity index (χ3v) is 5.77. The van der Waals surface area contributed by atoms with Gasteiger partial charge in [-0.3, -0.25) is 14.6 Å². The quantitative estimate of drug-likeness (QED) is 0.455. The van der Waals surface area contributed by atoms with E-state index in [1.807, 2.05) is 0 Å². The molecule has 0 saturated carbocycles. The van der Waals surface area contributed by atoms with E-state index in [0.29, 0.717) is 11.4 Å². The van der Waals surface area contributed by atoms with Crippen molar-refractivity contribution in [1.82, 2.24) is 0 Å². The molecule has 0 unspecified atom stereocenters. The first-order valence-corrected chi connectivity index (χ1v) is 10.4. The van der Waals surface area contributed by atoms with Crippen LogP contribution in [0, 0.1) is 5.92 Å². The topological polar surface area (TPSA) is 79.3 Å². The van der Waals surface area contributed by atoms with Crippen LogP contribution in [0.2, 0.25) is 0 Å². The number of rotatable bonds is 4. The molecule has 7 nitrogen and oxygen atoms in total. The van der Waals surface area contributed by atoms with Crippen molar-refractivity contribution in [2.45, 2.75) is 13.0 Å². The lowest BCUT2D eigenvalue weighted by molar-refractivity contribution is -0.136. The molecular formula is C20H15Br2N3O4. The predicted octanol–water partition coefficient (Wildman–Crippen LogP) is 3.51. The summed E-state index contributed by atoms with van der Waals surface area (Å²) >= 11 is 6.72. The number of hydrogen-bond donors (Lipinski definition) is 0. The Balaban J connectivity index is 1.78. The SMILES string of the molecule is CCOC(=O)C1=NN(c2ccc(Br)cc2)[C@@H]2C(=O)N(c3ccc(Br)cc3)C(=O)[C@H]12. The fourth-order valence-corrected chi connectivity index (χ4v) is 3.97. The smallest absolute Gasteiger partial charge is 0.355 e. The summed E-state index contributed by atoms with van der Waals surface area (Å²) in [5.74, 6) is -2.64. The number of nitrogens with zero attached hydrogens (tertiary/aromatic N) is 3. The normalized spacial score (nSPS) is 20.7. The Morgan fingerprint density at radius 1 is 0.966 bits per heavy atom. The molecule has 2 atom stereocenters. The van der Waals surface area contributed by atoms with Crippen LogP contribution in [0.3, 0.4) is 0 Å². The molecule has 0 radical (unpaired) electrons. The number of carbonyl (C=O) groups is 3. The third kappa shape index (κ3) is 3.38. The molecule has 148 valence electrons. The summed E-state index contributed by atoms with van der Waals surface area (Å²) in [4.78, 5) is 40.1. The molecule has 0 spiro atoms. The van der Waals surface area contributed by atoms with Gasteiger partial charge in [0.2, 0.25) is 5.91 Å². The van der Waals surface area contributed by atoms with Crippen LogP contribution in [0.25, 0.3) is 0 Å². The minimum atomic E-state index is -1.02. The van der Waals surface area contributed by atoms with Crippen molar-refractivity contribution in [3.05, 3.63) is 57.5 Å². The largest absolute Gasteiger partial charge is 0.461 e. The zero-order chi connectivity index (χ0) is 20.7. The van der Waals surface area contributed by atoms with Crippen LogP contribution in [0.5, 0.6) is 0 Å². The van der Waals surface area contributed by atoms with Crippen molar-refractivity contribution in [2.24, 2.45) is 11.0 Å². The fourth-order valence-electron chi connectivity index (χ4n) is 3.44. The number of hydrazone groups is 1. The van der Waals surface area contributed by atoms with E-state index >= 15 is 0 Å². The molecule has 2 aliphatic heterocycles. The number of anilines is 2. The van der Waals surface area contributed by atoms with Crippen molar-refractivity contribution < 1.29 is 19.1 Å². The number of imide groups is 1. The number of esters is 1. The molecule has 2 aliphatic rings. The van der Waals surface area contributed by atoms with Crippen LogP contribution in [-0.4, -0.2) is 36.1 Å². The Labute approximate surface area is 183 Å². The van der Waals surface area contributed by atoms with Crippen LogP contribution >= 0.6 is 31.9 Å². The van der Waals surface area contributed by atoms with Gasteiger partial charge in [-0.1, -0.05) is 31.9 Å². The first kappa shape index (κ1) is 19.8. The monoisotopic (exact) mass is 519 g/mol. The lowest BCUT2D eigenvalue weighted by Crippen LogP contribution is -2.39. The van der Waals surface area contributed by atoms with E-state index in [-0.39, 0.29) is 12.3 Å². The number of halogens is 2. The number of ether oxygens (including phenoxy) is 1. The van der Waals surface area contributed by atoms with Gasteiger partial charge in [0.25, 0.3) is 5.91 Å². The second kappa shape index (κ2) is 7.72. The van der Waals surface area contributed by atoms with Crippen LogP contribution in [0.15, 0.2) is 62.6 Å². The molecule has 0 aromatic heterocycles. The van der Waals surface area contributed by atoms with Crippen molar-refractivity contribution >= 4 is 66.7 Å². The molecule has 0 N–H and O–H groups in total. The van der Waals surface area contributed by atoms with Crippen molar-refractivity contribution in [3.8, 4) is 0 Å². The van der Waals surface area contributed by atoms with E-state index in [0.717, 1.165) is 13.8 Å². The zero-order valence-corrected chi connectivity index (χ0v) is 18.4. The summed E-state index contributed by atoms with van der Waals surface area (Å²) in [5, 5.41) is 5.75. The maximum atomic E-state index is 13.3. The predicted molar refractivity (Wildman–Crippen MR) is 115 cm³/mol. The molecule has 0 aliphatic carbocycles. The van der Waals surface area contributed by atoms with Gasteiger partial charge in [0, 0.05) is 8.95 Å². The van der Waals surface area contributed by atoms with Crippen LogP contribution in [0.4, 0.5) is 11.4 Å². The van der Waals surface area contributed by atoms with Gasteiger partial charge in [-0.2, -0.15) is 5.10 Å². The fraction of sp³-hybridized carbons (Fsp3) is 0.200. The van der Waals surface area contributed by atoms with Gasteiger partial charge in [0.05, 0.1) is 18.0 Å². The minimum Gasteiger partial charge on any atom is -0.461 e. The van der Waals surface area contributed by atoms with Gasteiger partial charge < -0.3 is 4.74 Å². The van der Waals surface area contributed by atoms with Crippen LogP contribution in [-0.2, 0) is 19.1 Å². The molecule has 1 saturated heterocycles. The summed E-state index contributed by atoms with van der Waals surface area (Å²) in [6, 6.07) is 13.0. The van der Waals surface area contributed by atoms with Gasteiger partial charge in [0.1, 0.15) is 12.0 Å². The Morgan fingerprint density at radius 3 is 2.07 bits per heavy atom. The minimum absolute atomic E-state index is 0.0577. The maximum Gasteiger partial charge on any atom is 0.355 e. The number of hydrogen-bond acceptors (Lipinski definition) is 6. The number of amides is 2. The molecule has 4 rings (SSSR count). The Morgan fingerprint density at radius 2 is 1.52 bits per heavy atom. The van der Waals surface area contributed by atoms with Gasteiger partial charge in [-0.05, 0) is 55.5 Å². The first-order chi connectivity index (χ1) is 13.9. The molecule has 2 aromatic carbocycles. The van der Waals surface area contributed by atoms with Crippen LogP contribution < -0.4 is 9.91 Å². The van der Waals surface area contributed by atoms with Crippen LogP contribution in [0.1, 0.15) is 6.92 Å². The van der Waals surface area contributed by atoms with Gasteiger partial charge in [0.15, 0.2) is 5.71 Å². The third-order valence-electron chi connectivity index (χ3n) is 4.71. The first-order valence-electron chi connectivity index (χ1n) is 8.86. The average Bonchev–Trinajstić information content (AvgIpc) is 3.21. The van der Waals surface area contributed by atoms with E-state index in [2.05, 4.69) is 37.0 Å². The molecule has 0 bridgehead atoms. The Hall–Kier alpha value is -2.52. The van der Waals surface area contributed by atoms with Crippen molar-refractivity contribution in [2.75, 3.05) is 16.5 Å². The van der Waals surface area contributed by atoms with E-state index in [1.165, 1.54) is 5.01 Å². The summed E-state index contributed by atoms with van der Waals surface area (Å²) in [7, 11) is 0. The second-order valence-electron chi connectivity index (χ2n) is 6.44. The number of benzene rings is 2. The number of carbonyl (C=O) groups excluding carboxylic acids is 3. The van der Waals surface area contributed by atoms with E-state index in [9.17, 15) is 14.4 Å². The summed E-state index contributed by atoms with van der Waals surface area (Å²) in [5.41, 5.74) is 0.982. The molecule has 2 aromatic rings. The molecular weight excluding hydrogens is 506 g/mol. The highest BCUT2D eigenvalue weighted by Gasteiger charge is 2.59. The molecule has 9 heteroatoms. The van der Waals surface area contributed by atoms with E-state index < -0.39 is 29.7 Å². The van der Waals surface area contributed by atoms with Crippen molar-refractivity contribution in [3.63, 3.8) is 0 Å². The lowest BCUT2D eigenvalue weighted by Gasteiger charge is -2.22. The molecule has 29 heavy (non-hydrogen) atoms. The number of fused-ring (bicyclic) bond motifs is 1. The summed E-state index contributed by atoms with van der Waals surface area (Å²) < 4.78 is 6.77. The average molecular weight is 521 g/mol. The van der Waals surface area contributed by atoms with Gasteiger partial charge in [-0.25, -0.2) is 9.69 Å². The lowest BCUT2D eigenvalue weighted by atomic mass is 9.98. The zero-order valence-electron chi connectivity index (χ0n) is 15.2. The highest BCUT2D eigenvalue weighted by atomic mass is 79.9. The van der Waals surface area contributed by atoms with E-state index in [4.69, 9.17) is 4.74 Å². The Kier molecular flexibility index (Phi) is 5.26. The molecule has 2 heterocycles. The standard InChI is InChI=1S/C20H15Br2N3O4/c1-2-29-20(28)16-15-17(25(23-16)14-9-5-12(22)6-10-14)19(27)24(18(15)26)13-7-3-11(21)4-8-13/h3-10,15,17H,2H2,1H3/t15-,17+/m1/s1. The maximum absolute atomic E-state index is 13.3. The molecule has 2 amide bonds. The summed E-state index contributed by atoms with van der Waals surface area (Å²) in [6.07, 6.45) is 0. The van der Waals surface area contributed by atoms with Crippen molar-refractivity contribution in [1.29, 1.82) is 0 Å². The Bertz CT molecular complexity index is 1020. The highest BCUT2D eigenvalue weighted by molar-refractivity contribution is 9.10.